The van der Waals surface area contributed by atoms with Crippen molar-refractivity contribution in [2.75, 3.05) is 6.54 Å². The third-order valence-electron chi connectivity index (χ3n) is 2.08. The Labute approximate surface area is 65.9 Å². The van der Waals surface area contributed by atoms with E-state index in [4.69, 9.17) is 5.11 Å². The number of phenols is 1. The number of phenolic OH excluding ortho intramolecular Hbond substituents is 1. The monoisotopic (exact) mass is 149 g/mol. The van der Waals surface area contributed by atoms with E-state index in [2.05, 4.69) is 5.32 Å². The SMILES string of the molecule is Oc1ccc2c(c1)CNCC2. The first-order valence-corrected chi connectivity index (χ1v) is 3.88. The highest BCUT2D eigenvalue weighted by atomic mass is 16.3. The second kappa shape index (κ2) is 2.55. The highest BCUT2D eigenvalue weighted by molar-refractivity contribution is 5.36. The zero-order valence-electron chi connectivity index (χ0n) is 6.30. The molecule has 2 rings (SSSR count). The topological polar surface area (TPSA) is 32.3 Å². The Kier molecular flexibility index (Phi) is 1.55. The van der Waals surface area contributed by atoms with Gasteiger partial charge in [0.05, 0.1) is 0 Å². The summed E-state index contributed by atoms with van der Waals surface area (Å²) in [6.07, 6.45) is 1.08. The lowest BCUT2D eigenvalue weighted by Crippen LogP contribution is -2.23. The summed E-state index contributed by atoms with van der Waals surface area (Å²) in [7, 11) is 0. The van der Waals surface area contributed by atoms with E-state index in [9.17, 15) is 0 Å². The zero-order chi connectivity index (χ0) is 7.68. The van der Waals surface area contributed by atoms with Gasteiger partial charge in [-0.2, -0.15) is 0 Å². The number of hydrogen-bond donors (Lipinski definition) is 2. The van der Waals surface area contributed by atoms with Crippen LogP contribution in [0.1, 0.15) is 11.1 Å². The molecule has 2 N–H and O–H groups in total. The van der Waals surface area contributed by atoms with Crippen molar-refractivity contribution < 1.29 is 5.11 Å². The van der Waals surface area contributed by atoms with Gasteiger partial charge in [-0.25, -0.2) is 0 Å². The highest BCUT2D eigenvalue weighted by Crippen LogP contribution is 2.18. The van der Waals surface area contributed by atoms with Gasteiger partial charge in [-0.3, -0.25) is 0 Å². The first kappa shape index (κ1) is 6.68. The molecule has 58 valence electrons. The molecule has 0 saturated carbocycles. The first-order valence-electron chi connectivity index (χ1n) is 3.88. The van der Waals surface area contributed by atoms with Crippen LogP contribution in [0.2, 0.25) is 0 Å². The second-order valence-electron chi connectivity index (χ2n) is 2.88. The summed E-state index contributed by atoms with van der Waals surface area (Å²) in [5.41, 5.74) is 2.60. The lowest BCUT2D eigenvalue weighted by molar-refractivity contribution is 0.473. The Morgan fingerprint density at radius 2 is 2.18 bits per heavy atom. The molecular weight excluding hydrogens is 138 g/mol. The third-order valence-corrected chi connectivity index (χ3v) is 2.08. The van der Waals surface area contributed by atoms with Crippen LogP contribution < -0.4 is 5.32 Å². The van der Waals surface area contributed by atoms with Gasteiger partial charge in [-0.15, -0.1) is 0 Å². The van der Waals surface area contributed by atoms with Gasteiger partial charge >= 0.3 is 0 Å². The molecule has 0 amide bonds. The zero-order valence-corrected chi connectivity index (χ0v) is 6.30. The Morgan fingerprint density at radius 3 is 3.09 bits per heavy atom. The van der Waals surface area contributed by atoms with Crippen LogP contribution in [0.4, 0.5) is 0 Å². The molecular formula is C9H11NO. The van der Waals surface area contributed by atoms with Gasteiger partial charge in [-0.05, 0) is 36.2 Å². The van der Waals surface area contributed by atoms with E-state index < -0.39 is 0 Å². The van der Waals surface area contributed by atoms with Crippen LogP contribution in [0.15, 0.2) is 18.2 Å². The van der Waals surface area contributed by atoms with Crippen molar-refractivity contribution in [1.82, 2.24) is 5.32 Å². The van der Waals surface area contributed by atoms with Crippen LogP contribution in [0, 0.1) is 0 Å². The maximum absolute atomic E-state index is 9.16. The maximum Gasteiger partial charge on any atom is 0.115 e. The molecule has 0 unspecified atom stereocenters. The van der Waals surface area contributed by atoms with Crippen molar-refractivity contribution in [2.24, 2.45) is 0 Å². The Bertz CT molecular complexity index is 270. The predicted octanol–water partition coefficient (Wildman–Crippen LogP) is 1.04. The molecule has 1 aliphatic heterocycles. The van der Waals surface area contributed by atoms with E-state index in [-0.39, 0.29) is 0 Å². The molecule has 0 saturated heterocycles. The summed E-state index contributed by atoms with van der Waals surface area (Å²) >= 11 is 0. The van der Waals surface area contributed by atoms with Crippen LogP contribution in [-0.4, -0.2) is 11.7 Å². The van der Waals surface area contributed by atoms with Crippen molar-refractivity contribution in [2.45, 2.75) is 13.0 Å². The molecule has 0 aromatic heterocycles. The predicted molar refractivity (Wildman–Crippen MR) is 43.5 cm³/mol. The molecule has 0 radical (unpaired) electrons. The van der Waals surface area contributed by atoms with Gasteiger partial charge in [0.1, 0.15) is 5.75 Å². The quantitative estimate of drug-likeness (QED) is 0.577. The molecule has 2 heteroatoms. The molecule has 11 heavy (non-hydrogen) atoms. The van der Waals surface area contributed by atoms with Crippen LogP contribution in [0.3, 0.4) is 0 Å². The molecule has 0 fully saturated rings. The maximum atomic E-state index is 9.16. The number of rotatable bonds is 0. The molecule has 0 bridgehead atoms. The van der Waals surface area contributed by atoms with E-state index in [1.807, 2.05) is 12.1 Å². The smallest absolute Gasteiger partial charge is 0.115 e. The Hall–Kier alpha value is -1.02. The van der Waals surface area contributed by atoms with E-state index >= 15 is 0 Å². The van der Waals surface area contributed by atoms with E-state index in [0.29, 0.717) is 5.75 Å². The molecule has 0 atom stereocenters. The Morgan fingerprint density at radius 1 is 1.27 bits per heavy atom. The van der Waals surface area contributed by atoms with E-state index in [1.54, 1.807) is 6.07 Å². The second-order valence-corrected chi connectivity index (χ2v) is 2.88. The summed E-state index contributed by atoms with van der Waals surface area (Å²) in [6.45, 7) is 1.95. The minimum absolute atomic E-state index is 0.368. The van der Waals surface area contributed by atoms with E-state index in [1.165, 1.54) is 11.1 Å². The number of fused-ring (bicyclic) bond motifs is 1. The van der Waals surface area contributed by atoms with Crippen molar-refractivity contribution in [3.05, 3.63) is 29.3 Å². The summed E-state index contributed by atoms with van der Waals surface area (Å²) in [4.78, 5) is 0. The number of nitrogens with one attached hydrogen (secondary N) is 1. The van der Waals surface area contributed by atoms with Crippen LogP contribution in [0.25, 0.3) is 0 Å². The van der Waals surface area contributed by atoms with Gasteiger partial charge in [-0.1, -0.05) is 6.07 Å². The fraction of sp³-hybridized carbons (Fsp3) is 0.333. The highest BCUT2D eigenvalue weighted by Gasteiger charge is 2.07. The third kappa shape index (κ3) is 1.21. The summed E-state index contributed by atoms with van der Waals surface area (Å²) in [6, 6.07) is 5.59. The average molecular weight is 149 g/mol. The van der Waals surface area contributed by atoms with Gasteiger partial charge in [0.2, 0.25) is 0 Å². The number of benzene rings is 1. The van der Waals surface area contributed by atoms with Gasteiger partial charge in [0.25, 0.3) is 0 Å². The van der Waals surface area contributed by atoms with Crippen molar-refractivity contribution in [3.8, 4) is 5.75 Å². The molecule has 1 aromatic rings. The largest absolute Gasteiger partial charge is 0.508 e. The lowest BCUT2D eigenvalue weighted by atomic mass is 10.0. The number of hydrogen-bond acceptors (Lipinski definition) is 2. The minimum atomic E-state index is 0.368. The van der Waals surface area contributed by atoms with Gasteiger partial charge in [0, 0.05) is 6.54 Å². The molecule has 1 aromatic carbocycles. The number of aromatic hydroxyl groups is 1. The van der Waals surface area contributed by atoms with Crippen molar-refractivity contribution in [1.29, 1.82) is 0 Å². The fourth-order valence-corrected chi connectivity index (χ4v) is 1.47. The van der Waals surface area contributed by atoms with E-state index in [0.717, 1.165) is 19.5 Å². The van der Waals surface area contributed by atoms with Crippen molar-refractivity contribution >= 4 is 0 Å². The minimum Gasteiger partial charge on any atom is -0.508 e. The standard InChI is InChI=1S/C9H11NO/c11-9-2-1-7-3-4-10-6-8(7)5-9/h1-2,5,10-11H,3-4,6H2. The fourth-order valence-electron chi connectivity index (χ4n) is 1.47. The summed E-state index contributed by atoms with van der Waals surface area (Å²) in [5.74, 6) is 0.368. The first-order chi connectivity index (χ1) is 5.36. The Balaban J connectivity index is 2.43. The average Bonchev–Trinajstić information content (AvgIpc) is 2.04. The van der Waals surface area contributed by atoms with Crippen LogP contribution >= 0.6 is 0 Å². The molecule has 0 spiro atoms. The summed E-state index contributed by atoms with van der Waals surface area (Å²) < 4.78 is 0. The van der Waals surface area contributed by atoms with Crippen LogP contribution in [-0.2, 0) is 13.0 Å². The summed E-state index contributed by atoms with van der Waals surface area (Å²) in [5, 5.41) is 12.4. The van der Waals surface area contributed by atoms with Crippen LogP contribution in [0.5, 0.6) is 5.75 Å². The van der Waals surface area contributed by atoms with Gasteiger partial charge in [0.15, 0.2) is 0 Å². The van der Waals surface area contributed by atoms with Crippen molar-refractivity contribution in [3.63, 3.8) is 0 Å². The molecule has 1 aliphatic rings. The normalized spacial score (nSPS) is 16.0. The molecule has 1 heterocycles. The molecule has 0 aliphatic carbocycles. The lowest BCUT2D eigenvalue weighted by Gasteiger charge is -2.16. The molecule has 2 nitrogen and oxygen atoms in total. The van der Waals surface area contributed by atoms with Gasteiger partial charge < -0.3 is 10.4 Å².